The third kappa shape index (κ3) is 6.73. The van der Waals surface area contributed by atoms with Gasteiger partial charge in [-0.05, 0) is 43.2 Å². The molecule has 170 valence electrons. The normalized spacial score (nSPS) is 17.6. The van der Waals surface area contributed by atoms with Crippen LogP contribution in [0.2, 0.25) is 0 Å². The number of hydrogen-bond donors (Lipinski definition) is 2. The van der Waals surface area contributed by atoms with Gasteiger partial charge in [0.2, 0.25) is 11.8 Å². The van der Waals surface area contributed by atoms with Crippen LogP contribution in [0, 0.1) is 6.92 Å². The van der Waals surface area contributed by atoms with Crippen molar-refractivity contribution in [2.45, 2.75) is 38.3 Å². The second-order valence-corrected chi connectivity index (χ2v) is 7.73. The molecule has 0 bridgehead atoms. The van der Waals surface area contributed by atoms with Gasteiger partial charge >= 0.3 is 5.97 Å². The third-order valence-corrected chi connectivity index (χ3v) is 5.16. The molecule has 1 fully saturated rings. The van der Waals surface area contributed by atoms with E-state index in [9.17, 15) is 19.5 Å². The van der Waals surface area contributed by atoms with Crippen molar-refractivity contribution in [1.29, 1.82) is 0 Å². The number of nitrogens with zero attached hydrogens (tertiary/aromatic N) is 1. The summed E-state index contributed by atoms with van der Waals surface area (Å²) in [5, 5.41) is 12.1. The van der Waals surface area contributed by atoms with Gasteiger partial charge in [0.25, 0.3) is 0 Å². The Morgan fingerprint density at radius 3 is 2.56 bits per heavy atom. The largest absolute Gasteiger partial charge is 0.494 e. The molecule has 1 aliphatic heterocycles. The standard InChI is InChI=1S/C24H28N2O6/c1-17-7-5-10-19(13-17)32-20-14-21(24(29)30)26(16-20)23(28)15-25-22(27)11-6-12-31-18-8-3-2-4-9-18/h2-5,7-10,13,20-21H,6,11-12,14-16H2,1H3,(H,25,27)(H,29,30)/t20-,21+/m1/s1. The summed E-state index contributed by atoms with van der Waals surface area (Å²) < 4.78 is 11.4. The predicted molar refractivity (Wildman–Crippen MR) is 118 cm³/mol. The number of carboxylic acids is 1. The van der Waals surface area contributed by atoms with E-state index in [1.54, 1.807) is 6.07 Å². The lowest BCUT2D eigenvalue weighted by Crippen LogP contribution is -2.45. The molecule has 0 saturated carbocycles. The minimum Gasteiger partial charge on any atom is -0.494 e. The van der Waals surface area contributed by atoms with Crippen molar-refractivity contribution in [3.63, 3.8) is 0 Å². The number of carboxylic acid groups (broad SMARTS) is 1. The van der Waals surface area contributed by atoms with Gasteiger partial charge in [-0.25, -0.2) is 4.79 Å². The van der Waals surface area contributed by atoms with E-state index in [0.29, 0.717) is 18.8 Å². The van der Waals surface area contributed by atoms with Crippen LogP contribution in [0.5, 0.6) is 11.5 Å². The lowest BCUT2D eigenvalue weighted by atomic mass is 10.2. The Kier molecular flexibility index (Phi) is 8.08. The van der Waals surface area contributed by atoms with E-state index in [1.165, 1.54) is 4.90 Å². The van der Waals surface area contributed by atoms with Gasteiger partial charge in [0.05, 0.1) is 19.7 Å². The summed E-state index contributed by atoms with van der Waals surface area (Å²) in [5.74, 6) is -0.438. The van der Waals surface area contributed by atoms with Crippen LogP contribution in [-0.4, -0.2) is 59.6 Å². The van der Waals surface area contributed by atoms with Gasteiger partial charge < -0.3 is 24.8 Å². The smallest absolute Gasteiger partial charge is 0.326 e. The number of amides is 2. The van der Waals surface area contributed by atoms with Crippen molar-refractivity contribution in [3.05, 3.63) is 60.2 Å². The van der Waals surface area contributed by atoms with Gasteiger partial charge in [0.1, 0.15) is 23.6 Å². The first-order chi connectivity index (χ1) is 15.4. The van der Waals surface area contributed by atoms with Gasteiger partial charge in [0, 0.05) is 12.8 Å². The zero-order valence-corrected chi connectivity index (χ0v) is 18.0. The van der Waals surface area contributed by atoms with Crippen LogP contribution in [0.25, 0.3) is 0 Å². The summed E-state index contributed by atoms with van der Waals surface area (Å²) in [5.41, 5.74) is 1.03. The molecule has 2 amide bonds. The van der Waals surface area contributed by atoms with E-state index in [0.717, 1.165) is 11.3 Å². The summed E-state index contributed by atoms with van der Waals surface area (Å²) in [6.45, 7) is 2.23. The number of likely N-dealkylation sites (tertiary alicyclic amines) is 1. The Bertz CT molecular complexity index is 933. The molecule has 8 nitrogen and oxygen atoms in total. The van der Waals surface area contributed by atoms with Gasteiger partial charge in [-0.3, -0.25) is 9.59 Å². The summed E-state index contributed by atoms with van der Waals surface area (Å²) in [6, 6.07) is 15.8. The molecule has 2 atom stereocenters. The zero-order chi connectivity index (χ0) is 22.9. The minimum absolute atomic E-state index is 0.157. The highest BCUT2D eigenvalue weighted by Gasteiger charge is 2.40. The van der Waals surface area contributed by atoms with Crippen molar-refractivity contribution in [2.24, 2.45) is 0 Å². The van der Waals surface area contributed by atoms with E-state index in [1.807, 2.05) is 55.5 Å². The zero-order valence-electron chi connectivity index (χ0n) is 18.0. The summed E-state index contributed by atoms with van der Waals surface area (Å²) in [4.78, 5) is 37.6. The first kappa shape index (κ1) is 23.1. The average molecular weight is 440 g/mol. The second-order valence-electron chi connectivity index (χ2n) is 7.73. The maximum Gasteiger partial charge on any atom is 0.326 e. The van der Waals surface area contributed by atoms with Gasteiger partial charge in [-0.1, -0.05) is 30.3 Å². The number of carbonyl (C=O) groups excluding carboxylic acids is 2. The number of para-hydroxylation sites is 1. The van der Waals surface area contributed by atoms with Crippen LogP contribution in [0.1, 0.15) is 24.8 Å². The molecular formula is C24H28N2O6. The molecule has 1 heterocycles. The van der Waals surface area contributed by atoms with Gasteiger partial charge in [-0.2, -0.15) is 0 Å². The van der Waals surface area contributed by atoms with Gasteiger partial charge in [0.15, 0.2) is 0 Å². The number of benzene rings is 2. The molecule has 0 radical (unpaired) electrons. The number of ether oxygens (including phenoxy) is 2. The quantitative estimate of drug-likeness (QED) is 0.550. The van der Waals surface area contributed by atoms with Crippen molar-refractivity contribution in [3.8, 4) is 11.5 Å². The Morgan fingerprint density at radius 2 is 1.84 bits per heavy atom. The lowest BCUT2D eigenvalue weighted by molar-refractivity contribution is -0.148. The van der Waals surface area contributed by atoms with Crippen molar-refractivity contribution in [1.82, 2.24) is 10.2 Å². The Morgan fingerprint density at radius 1 is 1.09 bits per heavy atom. The Balaban J connectivity index is 1.43. The second kappa shape index (κ2) is 11.2. The fourth-order valence-electron chi connectivity index (χ4n) is 3.58. The Labute approximate surface area is 187 Å². The average Bonchev–Trinajstić information content (AvgIpc) is 3.20. The molecule has 0 aliphatic carbocycles. The molecule has 2 aromatic rings. The number of hydrogen-bond acceptors (Lipinski definition) is 5. The van der Waals surface area contributed by atoms with E-state index in [4.69, 9.17) is 9.47 Å². The molecular weight excluding hydrogens is 412 g/mol. The number of aryl methyl sites for hydroxylation is 1. The highest BCUT2D eigenvalue weighted by Crippen LogP contribution is 2.24. The first-order valence-electron chi connectivity index (χ1n) is 10.6. The van der Waals surface area contributed by atoms with Crippen LogP contribution in [0.4, 0.5) is 0 Å². The summed E-state index contributed by atoms with van der Waals surface area (Å²) >= 11 is 0. The molecule has 32 heavy (non-hydrogen) atoms. The molecule has 1 aliphatic rings. The highest BCUT2D eigenvalue weighted by molar-refractivity contribution is 5.88. The predicted octanol–water partition coefficient (Wildman–Crippen LogP) is 2.40. The van der Waals surface area contributed by atoms with E-state index >= 15 is 0 Å². The minimum atomic E-state index is -1.09. The molecule has 1 saturated heterocycles. The van der Waals surface area contributed by atoms with Crippen LogP contribution in [0.15, 0.2) is 54.6 Å². The van der Waals surface area contributed by atoms with E-state index in [2.05, 4.69) is 5.32 Å². The van der Waals surface area contributed by atoms with E-state index in [-0.39, 0.29) is 31.8 Å². The van der Waals surface area contributed by atoms with Crippen LogP contribution < -0.4 is 14.8 Å². The van der Waals surface area contributed by atoms with Gasteiger partial charge in [-0.15, -0.1) is 0 Å². The van der Waals surface area contributed by atoms with Crippen molar-refractivity contribution in [2.75, 3.05) is 19.7 Å². The van der Waals surface area contributed by atoms with E-state index < -0.39 is 24.0 Å². The number of carbonyl (C=O) groups is 3. The summed E-state index contributed by atoms with van der Waals surface area (Å²) in [7, 11) is 0. The molecule has 8 heteroatoms. The monoisotopic (exact) mass is 440 g/mol. The number of rotatable bonds is 10. The molecule has 0 aromatic heterocycles. The van der Waals surface area contributed by atoms with Crippen molar-refractivity contribution >= 4 is 17.8 Å². The fraction of sp³-hybridized carbons (Fsp3) is 0.375. The van der Waals surface area contributed by atoms with Crippen LogP contribution in [0.3, 0.4) is 0 Å². The third-order valence-electron chi connectivity index (χ3n) is 5.16. The lowest BCUT2D eigenvalue weighted by Gasteiger charge is -2.21. The highest BCUT2D eigenvalue weighted by atomic mass is 16.5. The maximum absolute atomic E-state index is 12.6. The SMILES string of the molecule is Cc1cccc(O[C@@H]2C[C@@H](C(=O)O)N(C(=O)CNC(=O)CCCOc3ccccc3)C2)c1. The number of aliphatic carboxylic acids is 1. The van der Waals surface area contributed by atoms with Crippen molar-refractivity contribution < 1.29 is 29.0 Å². The van der Waals surface area contributed by atoms with Crippen LogP contribution in [-0.2, 0) is 14.4 Å². The number of nitrogens with one attached hydrogen (secondary N) is 1. The molecule has 0 unspecified atom stereocenters. The molecule has 0 spiro atoms. The summed E-state index contributed by atoms with van der Waals surface area (Å²) in [6.07, 6.45) is 0.483. The molecule has 2 aromatic carbocycles. The van der Waals surface area contributed by atoms with Crippen LogP contribution >= 0.6 is 0 Å². The topological polar surface area (TPSA) is 105 Å². The maximum atomic E-state index is 12.6. The molecule has 3 rings (SSSR count). The Hall–Kier alpha value is -3.55. The molecule has 2 N–H and O–H groups in total. The fourth-order valence-corrected chi connectivity index (χ4v) is 3.58. The first-order valence-corrected chi connectivity index (χ1v) is 10.6.